The molecule has 23 heavy (non-hydrogen) atoms. The van der Waals surface area contributed by atoms with Crippen molar-refractivity contribution in [2.45, 2.75) is 25.3 Å². The fraction of sp³-hybridized carbons (Fsp3) is 0.316. The van der Waals surface area contributed by atoms with Crippen LogP contribution < -0.4 is 10.6 Å². The summed E-state index contributed by atoms with van der Waals surface area (Å²) in [5, 5.41) is 6.16. The molecule has 0 aliphatic heterocycles. The first-order valence-electron chi connectivity index (χ1n) is 7.75. The van der Waals surface area contributed by atoms with Crippen LogP contribution in [0.1, 0.15) is 24.5 Å². The monoisotopic (exact) mass is 332 g/mol. The van der Waals surface area contributed by atoms with E-state index in [9.17, 15) is 4.79 Å². The van der Waals surface area contributed by atoms with E-state index in [1.165, 1.54) is 5.56 Å². The summed E-state index contributed by atoms with van der Waals surface area (Å²) in [6.07, 6.45) is 1.62. The van der Waals surface area contributed by atoms with Crippen molar-refractivity contribution in [3.05, 3.63) is 71.8 Å². The van der Waals surface area contributed by atoms with E-state index in [2.05, 4.69) is 41.8 Å². The lowest BCUT2D eigenvalue weighted by atomic mass is 9.81. The lowest BCUT2D eigenvalue weighted by Crippen LogP contribution is -2.49. The summed E-state index contributed by atoms with van der Waals surface area (Å²) in [6.45, 7) is 2.44. The molecule has 124 valence electrons. The van der Waals surface area contributed by atoms with Crippen molar-refractivity contribution in [1.29, 1.82) is 0 Å². The van der Waals surface area contributed by atoms with Gasteiger partial charge in [0.2, 0.25) is 5.91 Å². The fourth-order valence-electron chi connectivity index (χ4n) is 2.81. The number of nitrogens with one attached hydrogen (secondary N) is 2. The average molecular weight is 333 g/mol. The standard InChI is InChI=1S/C19H24N2O.ClH/c1-3-19(21-18(22)15-20-2,17-12-8-5-9-13-17)14-16-10-6-4-7-11-16;/h4-13,20H,3,14-15H2,1-2H3,(H,21,22);1H. The van der Waals surface area contributed by atoms with Gasteiger partial charge in [-0.3, -0.25) is 4.79 Å². The molecule has 2 rings (SSSR count). The Labute approximate surface area is 144 Å². The fourth-order valence-corrected chi connectivity index (χ4v) is 2.81. The third-order valence-electron chi connectivity index (χ3n) is 3.99. The molecule has 3 nitrogen and oxygen atoms in total. The first-order valence-corrected chi connectivity index (χ1v) is 7.75. The number of hydrogen-bond acceptors (Lipinski definition) is 2. The molecule has 0 saturated heterocycles. The van der Waals surface area contributed by atoms with Crippen molar-refractivity contribution in [1.82, 2.24) is 10.6 Å². The highest BCUT2D eigenvalue weighted by Gasteiger charge is 2.32. The van der Waals surface area contributed by atoms with Gasteiger partial charge in [0.1, 0.15) is 0 Å². The molecular weight excluding hydrogens is 308 g/mol. The molecule has 0 spiro atoms. The lowest BCUT2D eigenvalue weighted by molar-refractivity contribution is -0.122. The molecule has 2 aromatic carbocycles. The highest BCUT2D eigenvalue weighted by Crippen LogP contribution is 2.29. The van der Waals surface area contributed by atoms with Crippen LogP contribution >= 0.6 is 12.4 Å². The third-order valence-corrected chi connectivity index (χ3v) is 3.99. The van der Waals surface area contributed by atoms with Gasteiger partial charge >= 0.3 is 0 Å². The van der Waals surface area contributed by atoms with Crippen LogP contribution in [0.4, 0.5) is 0 Å². The Balaban J connectivity index is 0.00000264. The van der Waals surface area contributed by atoms with E-state index in [-0.39, 0.29) is 23.9 Å². The Morgan fingerprint density at radius 1 is 1.00 bits per heavy atom. The number of amides is 1. The summed E-state index contributed by atoms with van der Waals surface area (Å²) < 4.78 is 0. The number of halogens is 1. The second kappa shape index (κ2) is 9.33. The maximum atomic E-state index is 12.2. The van der Waals surface area contributed by atoms with Crippen LogP contribution in [0.3, 0.4) is 0 Å². The van der Waals surface area contributed by atoms with Crippen molar-refractivity contribution in [3.63, 3.8) is 0 Å². The average Bonchev–Trinajstić information content (AvgIpc) is 2.56. The van der Waals surface area contributed by atoms with E-state index in [1.807, 2.05) is 36.4 Å². The van der Waals surface area contributed by atoms with Gasteiger partial charge in [0.15, 0.2) is 0 Å². The molecule has 0 heterocycles. The van der Waals surface area contributed by atoms with Gasteiger partial charge in [-0.05, 0) is 31.0 Å². The molecule has 0 aliphatic rings. The molecule has 0 fully saturated rings. The summed E-state index contributed by atoms with van der Waals surface area (Å²) in [5.41, 5.74) is 1.99. The minimum absolute atomic E-state index is 0. The van der Waals surface area contributed by atoms with Crippen LogP contribution in [0.5, 0.6) is 0 Å². The first kappa shape index (κ1) is 19.2. The number of hydrogen-bond donors (Lipinski definition) is 2. The SMILES string of the molecule is CCC(Cc1ccccc1)(NC(=O)CNC)c1ccccc1.Cl. The number of carbonyl (C=O) groups is 1. The van der Waals surface area contributed by atoms with Gasteiger partial charge in [0.25, 0.3) is 0 Å². The second-order valence-electron chi connectivity index (χ2n) is 5.54. The molecule has 1 atom stereocenters. The first-order chi connectivity index (χ1) is 10.7. The van der Waals surface area contributed by atoms with Gasteiger partial charge < -0.3 is 10.6 Å². The molecule has 0 saturated carbocycles. The normalized spacial score (nSPS) is 12.8. The molecule has 0 radical (unpaired) electrons. The van der Waals surface area contributed by atoms with Gasteiger partial charge in [0, 0.05) is 0 Å². The topological polar surface area (TPSA) is 41.1 Å². The number of rotatable bonds is 7. The van der Waals surface area contributed by atoms with Crippen molar-refractivity contribution >= 4 is 18.3 Å². The van der Waals surface area contributed by atoms with Crippen LogP contribution in [-0.4, -0.2) is 19.5 Å². The van der Waals surface area contributed by atoms with Crippen LogP contribution in [0.15, 0.2) is 60.7 Å². The smallest absolute Gasteiger partial charge is 0.234 e. The summed E-state index contributed by atoms with van der Waals surface area (Å²) in [4.78, 5) is 12.2. The van der Waals surface area contributed by atoms with Crippen molar-refractivity contribution < 1.29 is 4.79 Å². The molecule has 2 N–H and O–H groups in total. The minimum atomic E-state index is -0.378. The van der Waals surface area contributed by atoms with Crippen molar-refractivity contribution in [2.24, 2.45) is 0 Å². The summed E-state index contributed by atoms with van der Waals surface area (Å²) in [5.74, 6) is 0.0177. The highest BCUT2D eigenvalue weighted by molar-refractivity contribution is 5.85. The predicted octanol–water partition coefficient (Wildman–Crippen LogP) is 3.29. The van der Waals surface area contributed by atoms with Gasteiger partial charge in [-0.1, -0.05) is 67.6 Å². The minimum Gasteiger partial charge on any atom is -0.345 e. The second-order valence-corrected chi connectivity index (χ2v) is 5.54. The summed E-state index contributed by atoms with van der Waals surface area (Å²) in [7, 11) is 1.78. The molecule has 1 amide bonds. The molecule has 0 aromatic heterocycles. The van der Waals surface area contributed by atoms with Crippen LogP contribution in [-0.2, 0) is 16.8 Å². The Hall–Kier alpha value is -1.84. The third kappa shape index (κ3) is 5.08. The Bertz CT molecular complexity index is 589. The maximum Gasteiger partial charge on any atom is 0.234 e. The molecule has 1 unspecified atom stereocenters. The lowest BCUT2D eigenvalue weighted by Gasteiger charge is -2.35. The van der Waals surface area contributed by atoms with E-state index in [0.717, 1.165) is 18.4 Å². The summed E-state index contributed by atoms with van der Waals surface area (Å²) in [6, 6.07) is 20.5. The Morgan fingerprint density at radius 2 is 1.57 bits per heavy atom. The quantitative estimate of drug-likeness (QED) is 0.817. The largest absolute Gasteiger partial charge is 0.345 e. The van der Waals surface area contributed by atoms with Crippen molar-refractivity contribution in [3.8, 4) is 0 Å². The van der Waals surface area contributed by atoms with Gasteiger partial charge in [-0.15, -0.1) is 12.4 Å². The Morgan fingerprint density at radius 3 is 2.09 bits per heavy atom. The summed E-state index contributed by atoms with van der Waals surface area (Å²) >= 11 is 0. The molecule has 2 aromatic rings. The Kier molecular flexibility index (Phi) is 7.79. The van der Waals surface area contributed by atoms with E-state index >= 15 is 0 Å². The number of likely N-dealkylation sites (N-methyl/N-ethyl adjacent to an activating group) is 1. The number of carbonyl (C=O) groups excluding carboxylic acids is 1. The van der Waals surface area contributed by atoms with E-state index in [0.29, 0.717) is 6.54 Å². The zero-order valence-electron chi connectivity index (χ0n) is 13.7. The van der Waals surface area contributed by atoms with E-state index in [1.54, 1.807) is 7.05 Å². The molecule has 0 bridgehead atoms. The van der Waals surface area contributed by atoms with Crippen LogP contribution in [0.25, 0.3) is 0 Å². The number of benzene rings is 2. The van der Waals surface area contributed by atoms with E-state index in [4.69, 9.17) is 0 Å². The van der Waals surface area contributed by atoms with Gasteiger partial charge in [-0.2, -0.15) is 0 Å². The van der Waals surface area contributed by atoms with Crippen molar-refractivity contribution in [2.75, 3.05) is 13.6 Å². The van der Waals surface area contributed by atoms with Gasteiger partial charge in [-0.25, -0.2) is 0 Å². The van der Waals surface area contributed by atoms with Crippen LogP contribution in [0.2, 0.25) is 0 Å². The molecule has 0 aliphatic carbocycles. The van der Waals surface area contributed by atoms with Crippen LogP contribution in [0, 0.1) is 0 Å². The molecule has 4 heteroatoms. The maximum absolute atomic E-state index is 12.2. The van der Waals surface area contributed by atoms with E-state index < -0.39 is 0 Å². The zero-order valence-corrected chi connectivity index (χ0v) is 14.5. The zero-order chi connectivity index (χ0) is 15.8. The van der Waals surface area contributed by atoms with Gasteiger partial charge in [0.05, 0.1) is 12.1 Å². The molecular formula is C19H25ClN2O. The predicted molar refractivity (Wildman–Crippen MR) is 97.9 cm³/mol. The highest BCUT2D eigenvalue weighted by atomic mass is 35.5.